The fourth-order valence-corrected chi connectivity index (χ4v) is 5.47. The predicted octanol–water partition coefficient (Wildman–Crippen LogP) is 4.99. The van der Waals surface area contributed by atoms with Crippen molar-refractivity contribution >= 4 is 61.3 Å². The SMILES string of the molecule is CN(C)/C=N/c1c(N(CCn2cncn2)S(C)(=O)=O)c(C#N)nn1-c1c(Cl)cc(S(F)(F)(F)(F)F)cc1Cl. The molecule has 3 rings (SSSR count). The van der Waals surface area contributed by atoms with Crippen molar-refractivity contribution < 1.29 is 27.8 Å². The Bertz CT molecular complexity index is 1530. The van der Waals surface area contributed by atoms with Gasteiger partial charge in [-0.05, 0) is 12.1 Å². The van der Waals surface area contributed by atoms with Crippen molar-refractivity contribution in [3.05, 3.63) is 40.5 Å². The first-order valence-electron chi connectivity index (χ1n) is 10.0. The molecule has 208 valence electrons. The van der Waals surface area contributed by atoms with E-state index in [0.29, 0.717) is 4.68 Å². The van der Waals surface area contributed by atoms with Crippen LogP contribution in [0.4, 0.5) is 30.9 Å². The Morgan fingerprint density at radius 3 is 2.24 bits per heavy atom. The van der Waals surface area contributed by atoms with E-state index >= 15 is 0 Å². The smallest absolute Gasteiger partial charge is 0.310 e. The van der Waals surface area contributed by atoms with Crippen LogP contribution in [0.25, 0.3) is 5.69 Å². The van der Waals surface area contributed by atoms with E-state index in [4.69, 9.17) is 23.2 Å². The summed E-state index contributed by atoms with van der Waals surface area (Å²) in [6, 6.07) is 1.64. The lowest BCUT2D eigenvalue weighted by Gasteiger charge is -2.40. The summed E-state index contributed by atoms with van der Waals surface area (Å²) in [5.74, 6) is -0.386. The maximum Gasteiger partial charge on any atom is 0.310 e. The van der Waals surface area contributed by atoms with Crippen molar-refractivity contribution in [3.8, 4) is 11.8 Å². The number of halogens is 7. The molecule has 0 amide bonds. The highest BCUT2D eigenvalue weighted by atomic mass is 35.5. The van der Waals surface area contributed by atoms with Crippen LogP contribution in [0.3, 0.4) is 0 Å². The molecule has 0 aliphatic carbocycles. The Morgan fingerprint density at radius 1 is 1.18 bits per heavy atom. The average Bonchev–Trinajstić information content (AvgIpc) is 3.37. The van der Waals surface area contributed by atoms with Gasteiger partial charge in [-0.1, -0.05) is 42.6 Å². The van der Waals surface area contributed by atoms with Gasteiger partial charge in [0.15, 0.2) is 11.5 Å². The lowest BCUT2D eigenvalue weighted by molar-refractivity contribution is 0.364. The van der Waals surface area contributed by atoms with E-state index in [1.54, 1.807) is 20.2 Å². The molecular weight excluding hydrogens is 604 g/mol. The number of sulfonamides is 1. The summed E-state index contributed by atoms with van der Waals surface area (Å²) in [5.41, 5.74) is -1.43. The Morgan fingerprint density at radius 2 is 1.79 bits per heavy atom. The molecule has 0 aliphatic rings. The van der Waals surface area contributed by atoms with Crippen LogP contribution in [0, 0.1) is 11.3 Å². The molecule has 0 saturated heterocycles. The minimum absolute atomic E-state index is 0.0277. The summed E-state index contributed by atoms with van der Waals surface area (Å²) < 4.78 is 95.3. The van der Waals surface area contributed by atoms with E-state index < -0.39 is 46.6 Å². The summed E-state index contributed by atoms with van der Waals surface area (Å²) in [6.45, 7) is -0.322. The molecule has 1 aromatic carbocycles. The first kappa shape index (κ1) is 29.4. The largest absolute Gasteiger partial charge is 0.369 e. The van der Waals surface area contributed by atoms with Crippen molar-refractivity contribution in [1.29, 1.82) is 5.26 Å². The Kier molecular flexibility index (Phi) is 7.16. The number of hydrogen-bond donors (Lipinski definition) is 0. The summed E-state index contributed by atoms with van der Waals surface area (Å²) in [6.07, 6.45) is 4.56. The monoisotopic (exact) mass is 621 g/mol. The fourth-order valence-electron chi connectivity index (χ4n) is 3.10. The lowest BCUT2D eigenvalue weighted by Crippen LogP contribution is -2.33. The molecule has 0 N–H and O–H groups in total. The maximum absolute atomic E-state index is 13.4. The normalized spacial score (nSPS) is 14.2. The van der Waals surface area contributed by atoms with Crippen molar-refractivity contribution in [2.75, 3.05) is 31.2 Å². The molecule has 0 saturated carbocycles. The molecule has 0 fully saturated rings. The number of benzene rings is 1. The van der Waals surface area contributed by atoms with Crippen LogP contribution < -0.4 is 4.31 Å². The van der Waals surface area contributed by atoms with Gasteiger partial charge in [0.05, 0.1) is 35.7 Å². The molecular formula is C18H18Cl2F5N9O2S2. The van der Waals surface area contributed by atoms with Crippen LogP contribution in [0.1, 0.15) is 5.69 Å². The van der Waals surface area contributed by atoms with E-state index in [9.17, 15) is 33.1 Å². The van der Waals surface area contributed by atoms with Crippen molar-refractivity contribution in [2.24, 2.45) is 4.99 Å². The molecule has 38 heavy (non-hydrogen) atoms. The van der Waals surface area contributed by atoms with Gasteiger partial charge in [0.2, 0.25) is 10.0 Å². The van der Waals surface area contributed by atoms with Gasteiger partial charge >= 0.3 is 10.2 Å². The minimum atomic E-state index is -10.2. The molecule has 0 atom stereocenters. The van der Waals surface area contributed by atoms with Gasteiger partial charge in [-0.2, -0.15) is 15.5 Å². The summed E-state index contributed by atoms with van der Waals surface area (Å²) in [5, 5.41) is 15.8. The number of rotatable bonds is 9. The zero-order valence-electron chi connectivity index (χ0n) is 19.6. The summed E-state index contributed by atoms with van der Waals surface area (Å²) >= 11 is 12.0. The fraction of sp³-hybridized carbons (Fsp3) is 0.278. The van der Waals surface area contributed by atoms with E-state index in [2.05, 4.69) is 20.2 Å². The predicted molar refractivity (Wildman–Crippen MR) is 134 cm³/mol. The molecule has 0 unspecified atom stereocenters. The number of nitriles is 1. The van der Waals surface area contributed by atoms with Crippen molar-refractivity contribution in [2.45, 2.75) is 11.4 Å². The maximum atomic E-state index is 13.4. The first-order valence-corrected chi connectivity index (χ1v) is 14.6. The van der Waals surface area contributed by atoms with Gasteiger partial charge < -0.3 is 4.90 Å². The first-order chi connectivity index (χ1) is 17.2. The number of nitrogens with zero attached hydrogens (tertiary/aromatic N) is 9. The van der Waals surface area contributed by atoms with Crippen LogP contribution in [-0.4, -0.2) is 71.1 Å². The minimum Gasteiger partial charge on any atom is -0.369 e. The molecule has 11 nitrogen and oxygen atoms in total. The van der Waals surface area contributed by atoms with Crippen LogP contribution in [-0.2, 0) is 16.6 Å². The van der Waals surface area contributed by atoms with Crippen molar-refractivity contribution in [3.63, 3.8) is 0 Å². The summed E-state index contributed by atoms with van der Waals surface area (Å²) in [7, 11) is -11.2. The van der Waals surface area contributed by atoms with Gasteiger partial charge in [0.25, 0.3) is 0 Å². The molecule has 0 bridgehead atoms. The van der Waals surface area contributed by atoms with Gasteiger partial charge in [0, 0.05) is 14.1 Å². The molecule has 0 radical (unpaired) electrons. The Balaban J connectivity index is 2.33. The van der Waals surface area contributed by atoms with Gasteiger partial charge in [-0.25, -0.2) is 23.1 Å². The Labute approximate surface area is 223 Å². The van der Waals surface area contributed by atoms with E-state index in [0.717, 1.165) is 10.6 Å². The van der Waals surface area contributed by atoms with Crippen LogP contribution in [0.5, 0.6) is 0 Å². The van der Waals surface area contributed by atoms with E-state index in [1.807, 2.05) is 0 Å². The second-order valence-corrected chi connectivity index (χ2v) is 13.1. The quantitative estimate of drug-likeness (QED) is 0.187. The number of hydrogen-bond acceptors (Lipinski definition) is 7. The second-order valence-electron chi connectivity index (χ2n) is 7.95. The molecule has 0 spiro atoms. The number of aliphatic imine (C=N–C) groups is 1. The van der Waals surface area contributed by atoms with E-state index in [1.165, 1.54) is 28.6 Å². The number of aromatic nitrogens is 5. The molecule has 2 aromatic heterocycles. The zero-order chi connectivity index (χ0) is 28.7. The highest BCUT2D eigenvalue weighted by molar-refractivity contribution is 8.45. The third kappa shape index (κ3) is 6.46. The molecule has 2 heterocycles. The molecule has 3 aromatic rings. The number of anilines is 1. The topological polar surface area (TPSA) is 125 Å². The molecule has 20 heteroatoms. The van der Waals surface area contributed by atoms with Crippen LogP contribution in [0.2, 0.25) is 10.0 Å². The Hall–Kier alpha value is -3.14. The summed E-state index contributed by atoms with van der Waals surface area (Å²) in [4.78, 5) is 6.98. The molecule has 0 aliphatic heterocycles. The van der Waals surface area contributed by atoms with Gasteiger partial charge in [0.1, 0.15) is 35.0 Å². The van der Waals surface area contributed by atoms with Gasteiger partial charge in [-0.15, -0.1) is 0 Å². The highest BCUT2D eigenvalue weighted by Crippen LogP contribution is 3.02. The standard InChI is InChI=1S/C18H18Cl2F5N9O2S2/c1-31(2)11-28-18-17(33(37(3,35)36)5-4-32-10-27-9-29-32)15(8-26)30-34(18)16-13(19)6-12(7-14(16)20)38(21,22,23,24)25/h6-7,9-11H,4-5H2,1-3H3/b28-11+. The van der Waals surface area contributed by atoms with Crippen molar-refractivity contribution in [1.82, 2.24) is 29.4 Å². The third-order valence-electron chi connectivity index (χ3n) is 4.65. The lowest BCUT2D eigenvalue weighted by atomic mass is 10.3. The van der Waals surface area contributed by atoms with Crippen LogP contribution >= 0.6 is 33.4 Å². The van der Waals surface area contributed by atoms with Crippen LogP contribution in [0.15, 0.2) is 34.7 Å². The average molecular weight is 622 g/mol. The second kappa shape index (κ2) is 9.25. The zero-order valence-corrected chi connectivity index (χ0v) is 22.7. The highest BCUT2D eigenvalue weighted by Gasteiger charge is 2.65. The third-order valence-corrected chi connectivity index (χ3v) is 7.52. The van der Waals surface area contributed by atoms with E-state index in [-0.39, 0.29) is 36.7 Å². The van der Waals surface area contributed by atoms with Gasteiger partial charge in [-0.3, -0.25) is 8.99 Å².